The van der Waals surface area contributed by atoms with E-state index in [1.807, 2.05) is 0 Å². The molecule has 2 N–H and O–H groups in total. The maximum atomic E-state index is 12.4. The highest BCUT2D eigenvalue weighted by Crippen LogP contribution is 2.22. The predicted molar refractivity (Wildman–Crippen MR) is 98.7 cm³/mol. The third-order valence-corrected chi connectivity index (χ3v) is 7.05. The normalized spacial score (nSPS) is 15.0. The summed E-state index contributed by atoms with van der Waals surface area (Å²) < 4.78 is 26.8. The molecule has 2 aromatic rings. The van der Waals surface area contributed by atoms with Crippen molar-refractivity contribution in [2.24, 2.45) is 0 Å². The lowest BCUT2D eigenvalue weighted by Gasteiger charge is -2.15. The van der Waals surface area contributed by atoms with Gasteiger partial charge in [-0.05, 0) is 49.2 Å². The number of hydrogen-bond donors (Lipinski definition) is 2. The van der Waals surface area contributed by atoms with E-state index in [1.54, 1.807) is 12.1 Å². The first-order valence-electron chi connectivity index (χ1n) is 7.84. The first-order chi connectivity index (χ1) is 12.4. The Morgan fingerprint density at radius 3 is 2.15 bits per heavy atom. The summed E-state index contributed by atoms with van der Waals surface area (Å²) in [7, 11) is -3.52. The Balaban J connectivity index is 1.62. The van der Waals surface area contributed by atoms with Gasteiger partial charge in [0.1, 0.15) is 0 Å². The summed E-state index contributed by atoms with van der Waals surface area (Å²) >= 11 is 6.85. The fourth-order valence-corrected chi connectivity index (χ4v) is 4.99. The average molecular weight is 414 g/mol. The van der Waals surface area contributed by atoms with Crippen molar-refractivity contribution in [2.75, 3.05) is 13.1 Å². The third-order valence-electron chi connectivity index (χ3n) is 3.91. The summed E-state index contributed by atoms with van der Waals surface area (Å²) in [5, 5.41) is 0. The Morgan fingerprint density at radius 1 is 0.962 bits per heavy atom. The number of carbonyl (C=O) groups is 2. The molecule has 7 nitrogen and oxygen atoms in total. The van der Waals surface area contributed by atoms with Gasteiger partial charge in [-0.15, -0.1) is 11.3 Å². The second-order valence-electron chi connectivity index (χ2n) is 5.65. The van der Waals surface area contributed by atoms with E-state index in [0.717, 1.165) is 24.2 Å². The van der Waals surface area contributed by atoms with E-state index in [-0.39, 0.29) is 10.5 Å². The van der Waals surface area contributed by atoms with E-state index in [2.05, 4.69) is 10.9 Å². The zero-order valence-electron chi connectivity index (χ0n) is 13.6. The van der Waals surface area contributed by atoms with E-state index in [4.69, 9.17) is 11.6 Å². The van der Waals surface area contributed by atoms with Gasteiger partial charge in [0.05, 0.1) is 14.1 Å². The van der Waals surface area contributed by atoms with E-state index < -0.39 is 21.8 Å². The fraction of sp³-hybridized carbons (Fsp3) is 0.250. The van der Waals surface area contributed by atoms with Crippen LogP contribution in [0.4, 0.5) is 0 Å². The Kier molecular flexibility index (Phi) is 5.61. The third kappa shape index (κ3) is 4.07. The second-order valence-corrected chi connectivity index (χ2v) is 9.30. The van der Waals surface area contributed by atoms with Gasteiger partial charge in [-0.25, -0.2) is 8.42 Å². The number of sulfonamides is 1. The molecule has 2 amide bonds. The zero-order valence-corrected chi connectivity index (χ0v) is 16.0. The molecule has 0 unspecified atom stereocenters. The van der Waals surface area contributed by atoms with Crippen LogP contribution >= 0.6 is 22.9 Å². The molecule has 0 aliphatic carbocycles. The lowest BCUT2D eigenvalue weighted by molar-refractivity contribution is 0.0849. The predicted octanol–water partition coefficient (Wildman–Crippen LogP) is 2.26. The molecule has 1 aliphatic rings. The van der Waals surface area contributed by atoms with Gasteiger partial charge in [0.2, 0.25) is 10.0 Å². The van der Waals surface area contributed by atoms with Gasteiger partial charge < -0.3 is 0 Å². The molecule has 1 saturated heterocycles. The van der Waals surface area contributed by atoms with E-state index in [0.29, 0.717) is 22.3 Å². The Morgan fingerprint density at radius 2 is 1.58 bits per heavy atom. The Bertz CT molecular complexity index is 919. The summed E-state index contributed by atoms with van der Waals surface area (Å²) in [6.45, 7) is 1.03. The van der Waals surface area contributed by atoms with Crippen molar-refractivity contribution in [3.05, 3.63) is 51.2 Å². The van der Waals surface area contributed by atoms with Crippen LogP contribution in [-0.2, 0) is 10.0 Å². The minimum atomic E-state index is -3.52. The number of carbonyl (C=O) groups excluding carboxylic acids is 2. The summed E-state index contributed by atoms with van der Waals surface area (Å²) in [6, 6.07) is 8.74. The number of hydrogen-bond acceptors (Lipinski definition) is 5. The number of nitrogens with zero attached hydrogens (tertiary/aromatic N) is 1. The first-order valence-corrected chi connectivity index (χ1v) is 10.5. The highest BCUT2D eigenvalue weighted by molar-refractivity contribution is 7.89. The first kappa shape index (κ1) is 18.8. The molecule has 0 atom stereocenters. The van der Waals surface area contributed by atoms with Crippen LogP contribution in [-0.4, -0.2) is 37.6 Å². The van der Waals surface area contributed by atoms with Gasteiger partial charge in [-0.3, -0.25) is 20.4 Å². The van der Waals surface area contributed by atoms with Crippen molar-refractivity contribution < 1.29 is 18.0 Å². The summed E-state index contributed by atoms with van der Waals surface area (Å²) in [5.74, 6) is -1.03. The van der Waals surface area contributed by atoms with Gasteiger partial charge in [0.15, 0.2) is 0 Å². The molecule has 3 rings (SSSR count). The molecule has 0 spiro atoms. The average Bonchev–Trinajstić information content (AvgIpc) is 3.31. The van der Waals surface area contributed by atoms with Crippen molar-refractivity contribution in [1.29, 1.82) is 0 Å². The lowest BCUT2D eigenvalue weighted by atomic mass is 10.2. The largest absolute Gasteiger partial charge is 0.279 e. The van der Waals surface area contributed by atoms with E-state index in [1.165, 1.54) is 28.6 Å². The van der Waals surface area contributed by atoms with Gasteiger partial charge in [0.25, 0.3) is 11.8 Å². The van der Waals surface area contributed by atoms with Crippen LogP contribution in [0.2, 0.25) is 4.34 Å². The molecule has 1 aliphatic heterocycles. The molecule has 26 heavy (non-hydrogen) atoms. The topological polar surface area (TPSA) is 95.6 Å². The molecule has 138 valence electrons. The molecule has 1 aromatic heterocycles. The molecule has 0 bridgehead atoms. The summed E-state index contributed by atoms with van der Waals surface area (Å²) in [4.78, 5) is 24.5. The van der Waals surface area contributed by atoms with E-state index >= 15 is 0 Å². The lowest BCUT2D eigenvalue weighted by Crippen LogP contribution is -2.41. The van der Waals surface area contributed by atoms with E-state index in [9.17, 15) is 18.0 Å². The van der Waals surface area contributed by atoms with Crippen LogP contribution in [0, 0.1) is 0 Å². The van der Waals surface area contributed by atoms with Crippen LogP contribution < -0.4 is 10.9 Å². The number of thiophene rings is 1. The molecule has 2 heterocycles. The minimum absolute atomic E-state index is 0.146. The smallest absolute Gasteiger partial charge is 0.267 e. The molecule has 0 radical (unpaired) electrons. The summed E-state index contributed by atoms with van der Waals surface area (Å²) in [5.41, 5.74) is 4.80. The SMILES string of the molecule is O=C(NNC(=O)c1ccc(Cl)s1)c1ccc(S(=O)(=O)N2CCCC2)cc1. The number of halogens is 1. The van der Waals surface area contributed by atoms with Crippen molar-refractivity contribution in [3.63, 3.8) is 0 Å². The van der Waals surface area contributed by atoms with Gasteiger partial charge in [-0.1, -0.05) is 11.6 Å². The summed E-state index contributed by atoms with van der Waals surface area (Å²) in [6.07, 6.45) is 1.71. The van der Waals surface area contributed by atoms with Gasteiger partial charge in [-0.2, -0.15) is 4.31 Å². The van der Waals surface area contributed by atoms with Gasteiger partial charge >= 0.3 is 0 Å². The number of hydrazine groups is 1. The molecule has 10 heteroatoms. The standard InChI is InChI=1S/C16H16ClN3O4S2/c17-14-8-7-13(25-14)16(22)19-18-15(21)11-3-5-12(6-4-11)26(23,24)20-9-1-2-10-20/h3-8H,1-2,9-10H2,(H,18,21)(H,19,22). The van der Waals surface area contributed by atoms with Crippen LogP contribution in [0.25, 0.3) is 0 Å². The quantitative estimate of drug-likeness (QED) is 0.751. The monoisotopic (exact) mass is 413 g/mol. The molecular weight excluding hydrogens is 398 g/mol. The van der Waals surface area contributed by atoms with Crippen LogP contribution in [0.3, 0.4) is 0 Å². The van der Waals surface area contributed by atoms with Crippen molar-refractivity contribution in [3.8, 4) is 0 Å². The fourth-order valence-electron chi connectivity index (χ4n) is 2.54. The van der Waals surface area contributed by atoms with Crippen LogP contribution in [0.5, 0.6) is 0 Å². The Hall–Kier alpha value is -1.94. The molecular formula is C16H16ClN3O4S2. The highest BCUT2D eigenvalue weighted by atomic mass is 35.5. The van der Waals surface area contributed by atoms with Crippen LogP contribution in [0.1, 0.15) is 32.9 Å². The number of rotatable bonds is 4. The zero-order chi connectivity index (χ0) is 18.7. The van der Waals surface area contributed by atoms with Crippen molar-refractivity contribution in [1.82, 2.24) is 15.2 Å². The minimum Gasteiger partial charge on any atom is -0.267 e. The maximum Gasteiger partial charge on any atom is 0.279 e. The molecule has 1 aromatic carbocycles. The molecule has 0 saturated carbocycles. The molecule has 1 fully saturated rings. The van der Waals surface area contributed by atoms with Crippen LogP contribution in [0.15, 0.2) is 41.3 Å². The highest BCUT2D eigenvalue weighted by Gasteiger charge is 2.27. The maximum absolute atomic E-state index is 12.4. The van der Waals surface area contributed by atoms with Crippen molar-refractivity contribution in [2.45, 2.75) is 17.7 Å². The van der Waals surface area contributed by atoms with Crippen molar-refractivity contribution >= 4 is 44.8 Å². The number of amides is 2. The number of nitrogens with one attached hydrogen (secondary N) is 2. The number of benzene rings is 1. The second kappa shape index (κ2) is 7.75. The Labute approximate surface area is 160 Å². The van der Waals surface area contributed by atoms with Gasteiger partial charge in [0, 0.05) is 18.7 Å².